The highest BCUT2D eigenvalue weighted by molar-refractivity contribution is 6.14. The Kier molecular flexibility index (Phi) is 2.90. The van der Waals surface area contributed by atoms with Crippen LogP contribution in [0.3, 0.4) is 0 Å². The second kappa shape index (κ2) is 4.25. The molecule has 1 unspecified atom stereocenters. The molecule has 2 rings (SSSR count). The molecule has 0 saturated carbocycles. The molecule has 0 radical (unpaired) electrons. The van der Waals surface area contributed by atoms with Gasteiger partial charge >= 0.3 is 6.03 Å². The molecular weight excluding hydrogens is 238 g/mol. The molecule has 7 heteroatoms. The summed E-state index contributed by atoms with van der Waals surface area (Å²) in [4.78, 5) is 35.5. The molecule has 0 bridgehead atoms. The lowest BCUT2D eigenvalue weighted by Crippen LogP contribution is -2.53. The van der Waals surface area contributed by atoms with Crippen LogP contribution in [0.4, 0.5) is 4.79 Å². The number of rotatable bonds is 2. The third-order valence-corrected chi connectivity index (χ3v) is 2.94. The van der Waals surface area contributed by atoms with Gasteiger partial charge in [-0.1, -0.05) is 5.16 Å². The monoisotopic (exact) mass is 251 g/mol. The highest BCUT2D eigenvalue weighted by atomic mass is 16.5. The molecule has 1 N–H and O–H groups in total. The number of carbonyl (C=O) groups is 3. The molecule has 1 aliphatic rings. The SMILES string of the molecule is Cc1noc(C)c1C(C)N1C(=O)CC(=O)NC1=O. The highest BCUT2D eigenvalue weighted by Crippen LogP contribution is 2.27. The topological polar surface area (TPSA) is 92.5 Å². The normalized spacial score (nSPS) is 17.9. The number of urea groups is 1. The standard InChI is InChI=1S/C11H13N3O4/c1-5-10(7(3)18-13-5)6(2)14-9(16)4-8(15)12-11(14)17/h6H,4H2,1-3H3,(H,12,15,17). The zero-order valence-corrected chi connectivity index (χ0v) is 10.3. The van der Waals surface area contributed by atoms with E-state index >= 15 is 0 Å². The number of aromatic nitrogens is 1. The van der Waals surface area contributed by atoms with E-state index in [1.54, 1.807) is 20.8 Å². The Balaban J connectivity index is 2.34. The van der Waals surface area contributed by atoms with Crippen molar-refractivity contribution < 1.29 is 18.9 Å². The van der Waals surface area contributed by atoms with Gasteiger partial charge in [0.15, 0.2) is 0 Å². The molecule has 96 valence electrons. The summed E-state index contributed by atoms with van der Waals surface area (Å²) in [5, 5.41) is 5.90. The molecule has 4 amide bonds. The Morgan fingerprint density at radius 3 is 2.50 bits per heavy atom. The first-order valence-corrected chi connectivity index (χ1v) is 5.50. The molecular formula is C11H13N3O4. The van der Waals surface area contributed by atoms with E-state index in [-0.39, 0.29) is 6.42 Å². The van der Waals surface area contributed by atoms with Gasteiger partial charge in [0.05, 0.1) is 11.7 Å². The molecule has 1 fully saturated rings. The number of nitrogens with one attached hydrogen (secondary N) is 1. The molecule has 1 aromatic rings. The van der Waals surface area contributed by atoms with E-state index in [1.165, 1.54) is 0 Å². The van der Waals surface area contributed by atoms with Gasteiger partial charge in [-0.05, 0) is 20.8 Å². The summed E-state index contributed by atoms with van der Waals surface area (Å²) >= 11 is 0. The van der Waals surface area contributed by atoms with Crippen LogP contribution in [-0.4, -0.2) is 27.9 Å². The van der Waals surface area contributed by atoms with Crippen LogP contribution >= 0.6 is 0 Å². The van der Waals surface area contributed by atoms with Crippen molar-refractivity contribution in [1.29, 1.82) is 0 Å². The van der Waals surface area contributed by atoms with Crippen molar-refractivity contribution in [3.63, 3.8) is 0 Å². The summed E-state index contributed by atoms with van der Waals surface area (Å²) in [7, 11) is 0. The van der Waals surface area contributed by atoms with Crippen molar-refractivity contribution >= 4 is 17.8 Å². The van der Waals surface area contributed by atoms with Gasteiger partial charge in [0.25, 0.3) is 0 Å². The first kappa shape index (κ1) is 12.3. The van der Waals surface area contributed by atoms with Gasteiger partial charge in [-0.2, -0.15) is 0 Å². The van der Waals surface area contributed by atoms with Crippen LogP contribution in [0.5, 0.6) is 0 Å². The average Bonchev–Trinajstić information content (AvgIpc) is 2.56. The predicted octanol–water partition coefficient (Wildman–Crippen LogP) is 0.821. The van der Waals surface area contributed by atoms with Crippen LogP contribution in [0.15, 0.2) is 4.52 Å². The van der Waals surface area contributed by atoms with Crippen molar-refractivity contribution in [2.75, 3.05) is 0 Å². The summed E-state index contributed by atoms with van der Waals surface area (Å²) in [6, 6.07) is -1.22. The Labute approximate surface area is 103 Å². The van der Waals surface area contributed by atoms with Crippen molar-refractivity contribution in [3.8, 4) is 0 Å². The molecule has 2 heterocycles. The fraction of sp³-hybridized carbons (Fsp3) is 0.455. The van der Waals surface area contributed by atoms with Gasteiger partial charge in [0, 0.05) is 5.56 Å². The maximum Gasteiger partial charge on any atom is 0.331 e. The number of barbiturate groups is 1. The van der Waals surface area contributed by atoms with E-state index in [2.05, 4.69) is 10.5 Å². The maximum atomic E-state index is 11.8. The number of hydrogen-bond donors (Lipinski definition) is 1. The van der Waals surface area contributed by atoms with Gasteiger partial charge in [-0.3, -0.25) is 19.8 Å². The van der Waals surface area contributed by atoms with Crippen LogP contribution in [0.1, 0.15) is 36.4 Å². The molecule has 1 saturated heterocycles. The highest BCUT2D eigenvalue weighted by Gasteiger charge is 2.36. The number of amides is 4. The average molecular weight is 251 g/mol. The van der Waals surface area contributed by atoms with Crippen molar-refractivity contribution in [2.45, 2.75) is 33.2 Å². The van der Waals surface area contributed by atoms with Gasteiger partial charge in [-0.15, -0.1) is 0 Å². The summed E-state index contributed by atoms with van der Waals surface area (Å²) in [6.45, 7) is 5.14. The summed E-state index contributed by atoms with van der Waals surface area (Å²) < 4.78 is 5.01. The number of imide groups is 2. The lowest BCUT2D eigenvalue weighted by molar-refractivity contribution is -0.137. The Morgan fingerprint density at radius 2 is 2.00 bits per heavy atom. The second-order valence-electron chi connectivity index (χ2n) is 4.21. The van der Waals surface area contributed by atoms with Crippen molar-refractivity contribution in [2.24, 2.45) is 0 Å². The minimum Gasteiger partial charge on any atom is -0.361 e. The fourth-order valence-electron chi connectivity index (χ4n) is 2.17. The quantitative estimate of drug-likeness (QED) is 0.785. The Bertz CT molecular complexity index is 495. The largest absolute Gasteiger partial charge is 0.361 e. The van der Waals surface area contributed by atoms with E-state index in [0.29, 0.717) is 17.0 Å². The molecule has 1 aromatic heterocycles. The first-order valence-electron chi connectivity index (χ1n) is 5.50. The molecule has 1 aliphatic heterocycles. The van der Waals surface area contributed by atoms with Crippen LogP contribution < -0.4 is 5.32 Å². The van der Waals surface area contributed by atoms with E-state index in [4.69, 9.17) is 4.52 Å². The third kappa shape index (κ3) is 1.87. The zero-order chi connectivity index (χ0) is 13.4. The predicted molar refractivity (Wildman–Crippen MR) is 59.4 cm³/mol. The van der Waals surface area contributed by atoms with E-state index < -0.39 is 23.9 Å². The molecule has 0 spiro atoms. The minimum atomic E-state index is -0.705. The van der Waals surface area contributed by atoms with Crippen LogP contribution in [0, 0.1) is 13.8 Å². The number of carbonyl (C=O) groups excluding carboxylic acids is 3. The molecule has 1 atom stereocenters. The number of hydrogen-bond acceptors (Lipinski definition) is 5. The maximum absolute atomic E-state index is 11.8. The molecule has 0 aliphatic carbocycles. The number of nitrogens with zero attached hydrogens (tertiary/aromatic N) is 2. The minimum absolute atomic E-state index is 0.320. The van der Waals surface area contributed by atoms with Crippen LogP contribution in [-0.2, 0) is 9.59 Å². The van der Waals surface area contributed by atoms with Crippen LogP contribution in [0.25, 0.3) is 0 Å². The summed E-state index contributed by atoms with van der Waals surface area (Å²) in [5.41, 5.74) is 1.31. The third-order valence-electron chi connectivity index (χ3n) is 2.94. The van der Waals surface area contributed by atoms with E-state index in [9.17, 15) is 14.4 Å². The summed E-state index contributed by atoms with van der Waals surface area (Å²) in [6.07, 6.45) is -0.320. The first-order chi connectivity index (χ1) is 8.41. The smallest absolute Gasteiger partial charge is 0.331 e. The van der Waals surface area contributed by atoms with Gasteiger partial charge < -0.3 is 4.52 Å². The van der Waals surface area contributed by atoms with E-state index in [0.717, 1.165) is 4.90 Å². The van der Waals surface area contributed by atoms with E-state index in [1.807, 2.05) is 0 Å². The van der Waals surface area contributed by atoms with Crippen molar-refractivity contribution in [3.05, 3.63) is 17.0 Å². The van der Waals surface area contributed by atoms with Gasteiger partial charge in [-0.25, -0.2) is 4.79 Å². The second-order valence-corrected chi connectivity index (χ2v) is 4.21. The zero-order valence-electron chi connectivity index (χ0n) is 10.3. The molecule has 7 nitrogen and oxygen atoms in total. The van der Waals surface area contributed by atoms with Crippen molar-refractivity contribution in [1.82, 2.24) is 15.4 Å². The number of aryl methyl sites for hydroxylation is 2. The van der Waals surface area contributed by atoms with Crippen LogP contribution in [0.2, 0.25) is 0 Å². The lowest BCUT2D eigenvalue weighted by Gasteiger charge is -2.30. The molecule has 18 heavy (non-hydrogen) atoms. The van der Waals surface area contributed by atoms with Gasteiger partial charge in [0.2, 0.25) is 11.8 Å². The Morgan fingerprint density at radius 1 is 1.33 bits per heavy atom. The molecule has 0 aromatic carbocycles. The summed E-state index contributed by atoms with van der Waals surface area (Å²) in [5.74, 6) is -0.541. The van der Waals surface area contributed by atoms with Gasteiger partial charge in [0.1, 0.15) is 12.2 Å². The fourth-order valence-corrected chi connectivity index (χ4v) is 2.17. The Hall–Kier alpha value is -2.18. The lowest BCUT2D eigenvalue weighted by atomic mass is 10.0.